The molecule has 1 N–H and O–H groups in total. The van der Waals surface area contributed by atoms with Crippen molar-refractivity contribution in [3.63, 3.8) is 0 Å². The molecule has 3 heterocycles. The molecule has 1 aromatic heterocycles. The lowest BCUT2D eigenvalue weighted by molar-refractivity contribution is -0.119. The van der Waals surface area contributed by atoms with Crippen LogP contribution in [0.4, 0.5) is 0 Å². The number of aryl methyl sites for hydroxylation is 2. The monoisotopic (exact) mass is 326 g/mol. The third kappa shape index (κ3) is 2.54. The van der Waals surface area contributed by atoms with Crippen molar-refractivity contribution in [1.29, 1.82) is 0 Å². The number of carbonyl (C=O) groups excluding carboxylic acids is 1. The van der Waals surface area contributed by atoms with E-state index in [0.29, 0.717) is 43.2 Å². The topological polar surface area (TPSA) is 84.3 Å². The number of aromatic nitrogens is 2. The van der Waals surface area contributed by atoms with Gasteiger partial charge in [-0.15, -0.1) is 0 Å². The molecule has 22 heavy (non-hydrogen) atoms. The van der Waals surface area contributed by atoms with Crippen LogP contribution >= 0.6 is 0 Å². The van der Waals surface area contributed by atoms with Crippen molar-refractivity contribution >= 4 is 15.9 Å². The van der Waals surface area contributed by atoms with Gasteiger partial charge in [-0.1, -0.05) is 0 Å². The Labute approximate surface area is 130 Å². The zero-order valence-electron chi connectivity index (χ0n) is 13.0. The van der Waals surface area contributed by atoms with Gasteiger partial charge in [-0.25, -0.2) is 8.42 Å². The highest BCUT2D eigenvalue weighted by atomic mass is 32.2. The Morgan fingerprint density at radius 2 is 2.05 bits per heavy atom. The Bertz CT molecular complexity index is 687. The third-order valence-corrected chi connectivity index (χ3v) is 6.82. The average molecular weight is 326 g/mol. The fourth-order valence-corrected chi connectivity index (χ4v) is 4.97. The first-order valence-corrected chi connectivity index (χ1v) is 9.11. The summed E-state index contributed by atoms with van der Waals surface area (Å²) in [4.78, 5) is 11.7. The Balaban J connectivity index is 1.77. The van der Waals surface area contributed by atoms with Crippen molar-refractivity contribution in [3.8, 4) is 0 Å². The molecule has 7 nitrogen and oxygen atoms in total. The van der Waals surface area contributed by atoms with Crippen molar-refractivity contribution in [1.82, 2.24) is 19.4 Å². The Morgan fingerprint density at radius 3 is 2.55 bits per heavy atom. The fourth-order valence-electron chi connectivity index (χ4n) is 3.36. The van der Waals surface area contributed by atoms with Crippen LogP contribution in [0.5, 0.6) is 0 Å². The van der Waals surface area contributed by atoms with Crippen LogP contribution in [0.1, 0.15) is 31.9 Å². The van der Waals surface area contributed by atoms with E-state index >= 15 is 0 Å². The first-order valence-electron chi connectivity index (χ1n) is 7.67. The smallest absolute Gasteiger partial charge is 0.246 e. The summed E-state index contributed by atoms with van der Waals surface area (Å²) in [5, 5.41) is 7.09. The van der Waals surface area contributed by atoms with Crippen LogP contribution in [0.3, 0.4) is 0 Å². The minimum absolute atomic E-state index is 0.0499. The Hall–Kier alpha value is -1.41. The molecule has 2 fully saturated rings. The Kier molecular flexibility index (Phi) is 3.76. The molecule has 0 aromatic carbocycles. The highest BCUT2D eigenvalue weighted by Gasteiger charge is 2.43. The SMILES string of the molecule is CCn1cc(S(=O)(=O)N2CCC3(CC2)CNC(=O)C3)c(C)n1. The summed E-state index contributed by atoms with van der Waals surface area (Å²) in [6.07, 6.45) is 3.58. The van der Waals surface area contributed by atoms with Crippen molar-refractivity contribution in [2.24, 2.45) is 5.41 Å². The predicted octanol–water partition coefficient (Wildman–Crippen LogP) is 0.502. The van der Waals surface area contributed by atoms with Gasteiger partial charge in [0.15, 0.2) is 0 Å². The molecule has 0 saturated carbocycles. The lowest BCUT2D eigenvalue weighted by atomic mass is 9.78. The molecule has 122 valence electrons. The number of nitrogens with zero attached hydrogens (tertiary/aromatic N) is 3. The third-order valence-electron chi connectivity index (χ3n) is 4.82. The molecule has 2 aliphatic rings. The summed E-state index contributed by atoms with van der Waals surface area (Å²) in [6, 6.07) is 0. The average Bonchev–Trinajstić information content (AvgIpc) is 3.03. The van der Waals surface area contributed by atoms with E-state index in [9.17, 15) is 13.2 Å². The summed E-state index contributed by atoms with van der Waals surface area (Å²) < 4.78 is 28.8. The molecule has 0 atom stereocenters. The van der Waals surface area contributed by atoms with E-state index in [1.807, 2.05) is 6.92 Å². The number of nitrogens with one attached hydrogen (secondary N) is 1. The van der Waals surface area contributed by atoms with E-state index < -0.39 is 10.0 Å². The molecule has 1 aromatic rings. The summed E-state index contributed by atoms with van der Waals surface area (Å²) in [6.45, 7) is 5.91. The van der Waals surface area contributed by atoms with Gasteiger partial charge in [-0.05, 0) is 32.1 Å². The number of piperidine rings is 1. The van der Waals surface area contributed by atoms with E-state index in [4.69, 9.17) is 0 Å². The van der Waals surface area contributed by atoms with Gasteiger partial charge in [0.05, 0.1) is 5.69 Å². The van der Waals surface area contributed by atoms with Crippen LogP contribution in [0, 0.1) is 12.3 Å². The highest BCUT2D eigenvalue weighted by molar-refractivity contribution is 7.89. The molecule has 2 aliphatic heterocycles. The van der Waals surface area contributed by atoms with Crippen molar-refractivity contribution < 1.29 is 13.2 Å². The minimum Gasteiger partial charge on any atom is -0.356 e. The molecule has 3 rings (SSSR count). The lowest BCUT2D eigenvalue weighted by Crippen LogP contribution is -2.44. The van der Waals surface area contributed by atoms with E-state index in [2.05, 4.69) is 10.4 Å². The summed E-state index contributed by atoms with van der Waals surface area (Å²) in [7, 11) is -3.50. The molecular formula is C14H22N4O3S. The van der Waals surface area contributed by atoms with E-state index in [1.54, 1.807) is 17.8 Å². The molecule has 1 amide bonds. The zero-order chi connectivity index (χ0) is 16.0. The van der Waals surface area contributed by atoms with Gasteiger partial charge in [0.25, 0.3) is 0 Å². The van der Waals surface area contributed by atoms with Crippen LogP contribution < -0.4 is 5.32 Å². The van der Waals surface area contributed by atoms with Gasteiger partial charge in [0, 0.05) is 38.8 Å². The van der Waals surface area contributed by atoms with Gasteiger partial charge in [0.1, 0.15) is 4.90 Å². The molecule has 0 aliphatic carbocycles. The van der Waals surface area contributed by atoms with Gasteiger partial charge in [-0.2, -0.15) is 9.40 Å². The quantitative estimate of drug-likeness (QED) is 0.877. The zero-order valence-corrected chi connectivity index (χ0v) is 13.8. The van der Waals surface area contributed by atoms with Crippen LogP contribution in [-0.2, 0) is 21.4 Å². The maximum Gasteiger partial charge on any atom is 0.246 e. The fraction of sp³-hybridized carbons (Fsp3) is 0.714. The standard InChI is InChI=1S/C14H22N4O3S/c1-3-17-9-12(11(2)16-17)22(20,21)18-6-4-14(5-7-18)8-13(19)15-10-14/h9H,3-8,10H2,1-2H3,(H,15,19). The van der Waals surface area contributed by atoms with E-state index in [0.717, 1.165) is 12.8 Å². The molecule has 8 heteroatoms. The molecule has 1 spiro atoms. The first-order chi connectivity index (χ1) is 10.4. The number of amides is 1. The Morgan fingerprint density at radius 1 is 1.36 bits per heavy atom. The van der Waals surface area contributed by atoms with Crippen LogP contribution in [0.15, 0.2) is 11.1 Å². The normalized spacial score (nSPS) is 22.2. The molecule has 0 bridgehead atoms. The number of hydrogen-bond donors (Lipinski definition) is 1. The number of hydrogen-bond acceptors (Lipinski definition) is 4. The summed E-state index contributed by atoms with van der Waals surface area (Å²) >= 11 is 0. The van der Waals surface area contributed by atoms with Gasteiger partial charge in [-0.3, -0.25) is 9.48 Å². The van der Waals surface area contributed by atoms with Gasteiger partial charge < -0.3 is 5.32 Å². The second-order valence-electron chi connectivity index (χ2n) is 6.29. The molecular weight excluding hydrogens is 304 g/mol. The number of sulfonamides is 1. The second kappa shape index (κ2) is 5.34. The van der Waals surface area contributed by atoms with E-state index in [-0.39, 0.29) is 11.3 Å². The predicted molar refractivity (Wildman–Crippen MR) is 80.7 cm³/mol. The lowest BCUT2D eigenvalue weighted by Gasteiger charge is -2.37. The summed E-state index contributed by atoms with van der Waals surface area (Å²) in [5.41, 5.74) is 0.492. The second-order valence-corrected chi connectivity index (χ2v) is 8.20. The van der Waals surface area contributed by atoms with Crippen molar-refractivity contribution in [2.45, 2.75) is 44.6 Å². The van der Waals surface area contributed by atoms with Crippen LogP contribution in [-0.4, -0.2) is 48.0 Å². The van der Waals surface area contributed by atoms with Crippen LogP contribution in [0.2, 0.25) is 0 Å². The first kappa shape index (κ1) is 15.5. The van der Waals surface area contributed by atoms with Gasteiger partial charge >= 0.3 is 0 Å². The number of rotatable bonds is 3. The largest absolute Gasteiger partial charge is 0.356 e. The maximum absolute atomic E-state index is 12.8. The van der Waals surface area contributed by atoms with Gasteiger partial charge in [0.2, 0.25) is 15.9 Å². The highest BCUT2D eigenvalue weighted by Crippen LogP contribution is 2.38. The van der Waals surface area contributed by atoms with E-state index in [1.165, 1.54) is 4.31 Å². The van der Waals surface area contributed by atoms with Crippen molar-refractivity contribution in [3.05, 3.63) is 11.9 Å². The number of carbonyl (C=O) groups is 1. The molecule has 2 saturated heterocycles. The maximum atomic E-state index is 12.8. The van der Waals surface area contributed by atoms with Crippen LogP contribution in [0.25, 0.3) is 0 Å². The summed E-state index contributed by atoms with van der Waals surface area (Å²) in [5.74, 6) is 0.0800. The molecule has 0 radical (unpaired) electrons. The van der Waals surface area contributed by atoms with Crippen molar-refractivity contribution in [2.75, 3.05) is 19.6 Å². The molecule has 0 unspecified atom stereocenters. The minimum atomic E-state index is -3.50.